The van der Waals surface area contributed by atoms with E-state index in [1.54, 1.807) is 0 Å². The normalized spacial score (nSPS) is 27.2. The molecule has 1 saturated carbocycles. The van der Waals surface area contributed by atoms with Crippen LogP contribution in [0.1, 0.15) is 68.6 Å². The lowest BCUT2D eigenvalue weighted by molar-refractivity contribution is -0.304. The number of nitrogens with one attached hydrogen (secondary N) is 6. The van der Waals surface area contributed by atoms with Crippen molar-refractivity contribution < 1.29 is 177 Å². The first-order chi connectivity index (χ1) is 55.3. The molecule has 13 N–H and O–H groups in total. The summed E-state index contributed by atoms with van der Waals surface area (Å²) in [5.74, 6) is -7.24. The number of carbonyl (C=O) groups excluding carboxylic acids is 6. The highest BCUT2D eigenvalue weighted by atomic mass is 32.3. The summed E-state index contributed by atoms with van der Waals surface area (Å²) < 4.78 is 331. The second-order valence-corrected chi connectivity index (χ2v) is 33.0. The molecule has 6 aromatic carbocycles. The zero-order valence-electron chi connectivity index (χ0n) is 59.6. The second-order valence-electron chi connectivity index (χ2n) is 25.6. The van der Waals surface area contributed by atoms with E-state index in [0.29, 0.717) is 0 Å². The largest absolute Gasteiger partial charge is 0.397 e. The van der Waals surface area contributed by atoms with Crippen LogP contribution in [0.25, 0.3) is 0 Å². The van der Waals surface area contributed by atoms with Crippen LogP contribution in [0.2, 0.25) is 0 Å². The van der Waals surface area contributed by atoms with Crippen LogP contribution in [0, 0.1) is 0 Å². The minimum atomic E-state index is -6.34. The number of amides is 6. The Balaban J connectivity index is 1.20. The summed E-state index contributed by atoms with van der Waals surface area (Å²) in [5.41, 5.74) is -1.64. The number of ether oxygens (including phenoxy) is 6. The minimum absolute atomic E-state index is 0.149. The van der Waals surface area contributed by atoms with E-state index < -0.39 is 256 Å². The fourth-order valence-corrected chi connectivity index (χ4v) is 16.2. The van der Waals surface area contributed by atoms with E-state index in [4.69, 9.17) is 53.5 Å². The Labute approximate surface area is 671 Å². The molecular formula is C65H70N6O40S7. The van der Waals surface area contributed by atoms with Gasteiger partial charge in [0, 0.05) is 46.5 Å². The van der Waals surface area contributed by atoms with Gasteiger partial charge in [-0.05, 0) is 79.2 Å². The van der Waals surface area contributed by atoms with Gasteiger partial charge in [0.2, 0.25) is 0 Å². The van der Waals surface area contributed by atoms with Gasteiger partial charge in [0.25, 0.3) is 35.4 Å². The summed E-state index contributed by atoms with van der Waals surface area (Å²) in [6, 6.07) is 28.8. The molecule has 0 spiro atoms. The molecule has 53 heteroatoms. The zero-order chi connectivity index (χ0) is 85.9. The quantitative estimate of drug-likeness (QED) is 0.0206. The Morgan fingerprint density at radius 3 is 0.873 bits per heavy atom. The molecule has 0 aromatic heterocycles. The van der Waals surface area contributed by atoms with Crippen LogP contribution in [0.4, 0.5) is 0 Å². The third-order valence-corrected chi connectivity index (χ3v) is 20.8. The monoisotopic (exact) mass is 1800 g/mol. The lowest BCUT2D eigenvalue weighted by Crippen LogP contribution is -2.71. The van der Waals surface area contributed by atoms with E-state index in [9.17, 15) is 120 Å². The van der Waals surface area contributed by atoms with Crippen molar-refractivity contribution in [2.45, 2.75) is 123 Å². The lowest BCUT2D eigenvalue weighted by Gasteiger charge is -2.50. The van der Waals surface area contributed by atoms with Crippen LogP contribution >= 0.6 is 0 Å². The molecule has 0 bridgehead atoms. The van der Waals surface area contributed by atoms with Gasteiger partial charge in [-0.1, -0.05) is 109 Å². The van der Waals surface area contributed by atoms with Crippen molar-refractivity contribution in [2.75, 3.05) is 19.7 Å². The maximum Gasteiger partial charge on any atom is 0.397 e. The highest BCUT2D eigenvalue weighted by molar-refractivity contribution is 7.82. The molecular weight excluding hydrogens is 1730 g/mol. The molecule has 3 heterocycles. The van der Waals surface area contributed by atoms with E-state index >= 15 is 0 Å². The number of rotatable bonds is 35. The Hall–Kier alpha value is -9.01. The van der Waals surface area contributed by atoms with Gasteiger partial charge in [-0.25, -0.2) is 29.3 Å². The molecule has 1 aliphatic carbocycles. The van der Waals surface area contributed by atoms with E-state index in [1.165, 1.54) is 158 Å². The van der Waals surface area contributed by atoms with Gasteiger partial charge in [0.05, 0.1) is 18.7 Å². The first kappa shape index (κ1) is 91.3. The number of hydrogen-bond donors (Lipinski definition) is 13. The topological polar surface area (TPSA) is 675 Å². The maximum absolute atomic E-state index is 14.9. The van der Waals surface area contributed by atoms with E-state index in [2.05, 4.69) is 36.1 Å². The van der Waals surface area contributed by atoms with Crippen molar-refractivity contribution in [1.82, 2.24) is 31.9 Å². The van der Waals surface area contributed by atoms with Crippen molar-refractivity contribution in [3.05, 3.63) is 215 Å². The molecule has 10 unspecified atom stereocenters. The van der Waals surface area contributed by atoms with Crippen LogP contribution in [0.3, 0.4) is 0 Å². The summed E-state index contributed by atoms with van der Waals surface area (Å²) in [4.78, 5) is 86.0. The highest BCUT2D eigenvalue weighted by Gasteiger charge is 2.61. The van der Waals surface area contributed by atoms with Crippen molar-refractivity contribution in [3.8, 4) is 0 Å². The molecule has 642 valence electrons. The molecule has 3 saturated heterocycles. The summed E-state index contributed by atoms with van der Waals surface area (Å²) in [6.07, 6.45) is -43.4. The summed E-state index contributed by atoms with van der Waals surface area (Å²) in [7, 11) is -42.6. The molecule has 4 aliphatic rings. The van der Waals surface area contributed by atoms with Crippen LogP contribution < -0.4 is 31.9 Å². The molecule has 3 aliphatic heterocycles. The molecule has 4 fully saturated rings. The SMILES string of the molecule is O=C(NCC1O[C@@H](OC2C(NC(=O)c3ccccc3)C[C@@H](NC(=O)c3ccccc3)[C@H](OS(=O)(=O)O)[C@H]2OC2OC(COS(=O)(=O)O)C(OC3OC(CNC(=O)c4ccccc4)[C@@H](OS(=O)(=O)O)[C@H](OS(=O)(=O)O)[C@H]3NC(=O)c3ccccc3)C2OS(=O)(=O)O)[C@H](NC(=O)c2ccccc2)[C@@H](OS(=O)(=O)O)C1OS(=O)(=O)O)c1ccccc1. The summed E-state index contributed by atoms with van der Waals surface area (Å²) in [5, 5.41) is 13.9. The van der Waals surface area contributed by atoms with Gasteiger partial charge < -0.3 is 60.3 Å². The standard InChI is InChI=1S/C65H70N6O40S7/c72-57(35-19-7-1-8-20-35)66-32-43-51(107-114(84,85)86)53(109-116(90,91)92)46(70-61(76)39-27-15-5-16-28-39)63(100-43)103-48-41(68-59(74)37-23-11-3-12-24-37)31-42(69-60(75)38-25-13-4-14-26-38)49(106-113(81,82)83)55(48)105-65-56(111-118(96,97)98)50(45(102-65)34-99-112(78,79)80)104-64-47(71-62(77)40-29-17-6-18-30-40)54(110-117(93,94)95)52(108-115(87,88)89)44(101-64)33-67-58(73)36-21-9-2-10-22-36/h1-30,41-56,63-65H,31-34H2,(H,66,72)(H,67,73)(H,68,74)(H,69,75)(H,70,76)(H,71,77)(H,78,79,80)(H,81,82,83)(H,84,85,86)(H,87,88,89)(H,90,91,92)(H,93,94,95)(H,96,97,98)/t41?,42-,43?,44?,45?,46-,47-,48?,49+,50?,51?,52-,53-,54-,55+,56?,63+,64?,65?/m1/s1. The second kappa shape index (κ2) is 38.6. The fraction of sp³-hybridized carbons (Fsp3) is 0.354. The highest BCUT2D eigenvalue weighted by Crippen LogP contribution is 2.41. The number of benzene rings is 6. The van der Waals surface area contributed by atoms with Crippen molar-refractivity contribution >= 4 is 108 Å². The Bertz CT molecular complexity index is 5390. The average molecular weight is 1800 g/mol. The van der Waals surface area contributed by atoms with Gasteiger partial charge in [-0.3, -0.25) is 60.6 Å². The molecule has 6 aromatic rings. The molecule has 0 radical (unpaired) electrons. The fourth-order valence-electron chi connectivity index (χ4n) is 12.8. The Morgan fingerprint density at radius 1 is 0.288 bits per heavy atom. The molecule has 46 nitrogen and oxygen atoms in total. The lowest BCUT2D eigenvalue weighted by atomic mass is 9.82. The van der Waals surface area contributed by atoms with Crippen molar-refractivity contribution in [1.29, 1.82) is 0 Å². The average Bonchev–Trinajstić information content (AvgIpc) is 1.27. The first-order valence-corrected chi connectivity index (χ1v) is 43.5. The van der Waals surface area contributed by atoms with Crippen molar-refractivity contribution in [3.63, 3.8) is 0 Å². The predicted molar refractivity (Wildman–Crippen MR) is 390 cm³/mol. The molecule has 19 atom stereocenters. The Kier molecular flexibility index (Phi) is 29.9. The van der Waals surface area contributed by atoms with E-state index in [1.807, 2.05) is 0 Å². The first-order valence-electron chi connectivity index (χ1n) is 33.9. The van der Waals surface area contributed by atoms with Crippen LogP contribution in [-0.4, -0.2) is 262 Å². The number of hydrogen-bond acceptors (Lipinski definition) is 33. The summed E-state index contributed by atoms with van der Waals surface area (Å²) >= 11 is 0. The third-order valence-electron chi connectivity index (χ3n) is 17.5. The summed E-state index contributed by atoms with van der Waals surface area (Å²) in [6.45, 7) is -4.16. The van der Waals surface area contributed by atoms with Crippen LogP contribution in [-0.2, 0) is 130 Å². The number of carbonyl (C=O) groups is 6. The Morgan fingerprint density at radius 2 is 0.551 bits per heavy atom. The smallest absolute Gasteiger partial charge is 0.349 e. The molecule has 6 amide bonds. The van der Waals surface area contributed by atoms with Crippen LogP contribution in [0.5, 0.6) is 0 Å². The molecule has 118 heavy (non-hydrogen) atoms. The maximum atomic E-state index is 14.9. The van der Waals surface area contributed by atoms with Gasteiger partial charge in [0.15, 0.2) is 25.0 Å². The van der Waals surface area contributed by atoms with E-state index in [0.717, 1.165) is 24.3 Å². The predicted octanol–water partition coefficient (Wildman–Crippen LogP) is -1.28. The minimum Gasteiger partial charge on any atom is -0.349 e. The van der Waals surface area contributed by atoms with Gasteiger partial charge in [-0.15, -0.1) is 0 Å². The van der Waals surface area contributed by atoms with Crippen LogP contribution in [0.15, 0.2) is 182 Å². The van der Waals surface area contributed by atoms with E-state index in [-0.39, 0.29) is 27.8 Å². The van der Waals surface area contributed by atoms with Gasteiger partial charge in [-0.2, -0.15) is 58.9 Å². The van der Waals surface area contributed by atoms with Gasteiger partial charge >= 0.3 is 72.8 Å². The zero-order valence-corrected chi connectivity index (χ0v) is 65.3. The third kappa shape index (κ3) is 26.5. The molecule has 10 rings (SSSR count). The van der Waals surface area contributed by atoms with Gasteiger partial charge in [0.1, 0.15) is 79.2 Å². The van der Waals surface area contributed by atoms with Crippen molar-refractivity contribution in [2.24, 2.45) is 0 Å².